The zero-order valence-corrected chi connectivity index (χ0v) is 12.4. The smallest absolute Gasteiger partial charge is 0.356 e. The normalized spacial score (nSPS) is 15.4. The van der Waals surface area contributed by atoms with Crippen molar-refractivity contribution in [2.75, 3.05) is 18.0 Å². The van der Waals surface area contributed by atoms with Crippen molar-refractivity contribution in [2.45, 2.75) is 18.9 Å². The average molecular weight is 317 g/mol. The van der Waals surface area contributed by atoms with E-state index in [4.69, 9.17) is 9.84 Å². The van der Waals surface area contributed by atoms with Gasteiger partial charge >= 0.3 is 5.97 Å². The maximum atomic E-state index is 13.6. The molecule has 0 aliphatic carbocycles. The van der Waals surface area contributed by atoms with Gasteiger partial charge < -0.3 is 14.7 Å². The number of ether oxygens (including phenoxy) is 1. The predicted molar refractivity (Wildman–Crippen MR) is 81.3 cm³/mol. The number of para-hydroxylation sites is 1. The van der Waals surface area contributed by atoms with Gasteiger partial charge in [0.15, 0.2) is 23.1 Å². The van der Waals surface area contributed by atoms with E-state index in [0.29, 0.717) is 18.9 Å². The van der Waals surface area contributed by atoms with Gasteiger partial charge in [0.2, 0.25) is 0 Å². The molecule has 0 unspecified atom stereocenters. The van der Waals surface area contributed by atoms with Crippen LogP contribution in [0, 0.1) is 5.82 Å². The summed E-state index contributed by atoms with van der Waals surface area (Å²) < 4.78 is 19.3. The van der Waals surface area contributed by atoms with Crippen LogP contribution in [0.2, 0.25) is 0 Å². The van der Waals surface area contributed by atoms with Crippen molar-refractivity contribution in [3.05, 3.63) is 47.9 Å². The number of hydrogen-bond acceptors (Lipinski definition) is 5. The molecule has 1 aromatic heterocycles. The molecular weight excluding hydrogens is 301 g/mol. The highest BCUT2D eigenvalue weighted by Crippen LogP contribution is 2.23. The number of carbonyl (C=O) groups is 1. The highest BCUT2D eigenvalue weighted by Gasteiger charge is 2.22. The lowest BCUT2D eigenvalue weighted by atomic mass is 10.1. The summed E-state index contributed by atoms with van der Waals surface area (Å²) in [7, 11) is 0. The first-order valence-electron chi connectivity index (χ1n) is 7.36. The number of anilines is 1. The van der Waals surface area contributed by atoms with Gasteiger partial charge in [-0.2, -0.15) is 0 Å². The second kappa shape index (κ2) is 6.60. The molecule has 1 aliphatic rings. The fourth-order valence-electron chi connectivity index (χ4n) is 2.53. The van der Waals surface area contributed by atoms with Crippen molar-refractivity contribution < 1.29 is 19.0 Å². The van der Waals surface area contributed by atoms with Crippen molar-refractivity contribution in [1.82, 2.24) is 10.2 Å². The van der Waals surface area contributed by atoms with Gasteiger partial charge in [-0.15, -0.1) is 10.2 Å². The molecule has 0 spiro atoms. The third-order valence-corrected chi connectivity index (χ3v) is 3.77. The number of halogens is 1. The van der Waals surface area contributed by atoms with Gasteiger partial charge in [0.25, 0.3) is 0 Å². The standard InChI is InChI=1S/C16H16FN3O3/c17-12-3-1-2-4-14(12)23-11-7-9-20(10-8-11)15-6-5-13(16(21)22)18-19-15/h1-6,11H,7-10H2,(H,21,22). The summed E-state index contributed by atoms with van der Waals surface area (Å²) in [4.78, 5) is 12.8. The highest BCUT2D eigenvalue weighted by atomic mass is 19.1. The van der Waals surface area contributed by atoms with Gasteiger partial charge in [-0.3, -0.25) is 0 Å². The Morgan fingerprint density at radius 1 is 1.17 bits per heavy atom. The first kappa shape index (κ1) is 15.2. The van der Waals surface area contributed by atoms with Crippen molar-refractivity contribution in [3.8, 4) is 5.75 Å². The molecule has 1 N–H and O–H groups in total. The molecule has 0 radical (unpaired) electrons. The second-order valence-corrected chi connectivity index (χ2v) is 5.32. The molecule has 3 rings (SSSR count). The predicted octanol–water partition coefficient (Wildman–Crippen LogP) is 2.36. The Balaban J connectivity index is 1.58. The average Bonchev–Trinajstić information content (AvgIpc) is 2.58. The number of piperidine rings is 1. The SMILES string of the molecule is O=C(O)c1ccc(N2CCC(Oc3ccccc3F)CC2)nn1. The molecule has 2 aromatic rings. The third-order valence-electron chi connectivity index (χ3n) is 3.77. The summed E-state index contributed by atoms with van der Waals surface area (Å²) in [6.07, 6.45) is 1.42. The lowest BCUT2D eigenvalue weighted by Crippen LogP contribution is -2.39. The molecule has 0 atom stereocenters. The number of carboxylic acids is 1. The number of nitrogens with zero attached hydrogens (tertiary/aromatic N) is 3. The number of benzene rings is 1. The minimum Gasteiger partial charge on any atom is -0.487 e. The third kappa shape index (κ3) is 3.56. The van der Waals surface area contributed by atoms with E-state index >= 15 is 0 Å². The van der Waals surface area contributed by atoms with Crippen LogP contribution in [-0.2, 0) is 0 Å². The molecule has 1 aromatic carbocycles. The zero-order valence-electron chi connectivity index (χ0n) is 12.4. The van der Waals surface area contributed by atoms with Gasteiger partial charge in [-0.25, -0.2) is 9.18 Å². The first-order chi connectivity index (χ1) is 11.1. The number of rotatable bonds is 4. The largest absolute Gasteiger partial charge is 0.487 e. The second-order valence-electron chi connectivity index (χ2n) is 5.32. The van der Waals surface area contributed by atoms with Crippen LogP contribution >= 0.6 is 0 Å². The maximum Gasteiger partial charge on any atom is 0.356 e. The fraction of sp³-hybridized carbons (Fsp3) is 0.312. The molecule has 2 heterocycles. The Labute approximate surface area is 132 Å². The zero-order chi connectivity index (χ0) is 16.2. The summed E-state index contributed by atoms with van der Waals surface area (Å²) in [6.45, 7) is 1.39. The number of carboxylic acid groups (broad SMARTS) is 1. The van der Waals surface area contributed by atoms with Gasteiger partial charge in [0, 0.05) is 25.9 Å². The van der Waals surface area contributed by atoms with Crippen LogP contribution in [0.5, 0.6) is 5.75 Å². The van der Waals surface area contributed by atoms with E-state index in [1.807, 2.05) is 4.90 Å². The van der Waals surface area contributed by atoms with E-state index in [1.54, 1.807) is 24.3 Å². The van der Waals surface area contributed by atoms with Gasteiger partial charge in [-0.05, 0) is 24.3 Å². The molecule has 0 saturated carbocycles. The van der Waals surface area contributed by atoms with Crippen molar-refractivity contribution in [3.63, 3.8) is 0 Å². The Kier molecular flexibility index (Phi) is 4.36. The summed E-state index contributed by atoms with van der Waals surface area (Å²) in [5.41, 5.74) is -0.0773. The summed E-state index contributed by atoms with van der Waals surface area (Å²) in [6, 6.07) is 9.46. The molecule has 23 heavy (non-hydrogen) atoms. The summed E-state index contributed by atoms with van der Waals surface area (Å²) >= 11 is 0. The molecule has 0 amide bonds. The molecular formula is C16H16FN3O3. The lowest BCUT2D eigenvalue weighted by molar-refractivity contribution is 0.0689. The minimum atomic E-state index is -1.10. The Bertz CT molecular complexity index is 685. The maximum absolute atomic E-state index is 13.6. The van der Waals surface area contributed by atoms with Gasteiger partial charge in [-0.1, -0.05) is 12.1 Å². The van der Waals surface area contributed by atoms with Crippen LogP contribution in [0.3, 0.4) is 0 Å². The van der Waals surface area contributed by atoms with E-state index in [9.17, 15) is 9.18 Å². The van der Waals surface area contributed by atoms with Gasteiger partial charge in [0.05, 0.1) is 0 Å². The monoisotopic (exact) mass is 317 g/mol. The summed E-state index contributed by atoms with van der Waals surface area (Å²) in [5.74, 6) is -0.540. The van der Waals surface area contributed by atoms with Crippen LogP contribution < -0.4 is 9.64 Å². The first-order valence-corrected chi connectivity index (χ1v) is 7.36. The van der Waals surface area contributed by atoms with E-state index in [1.165, 1.54) is 12.1 Å². The quantitative estimate of drug-likeness (QED) is 0.933. The molecule has 6 nitrogen and oxygen atoms in total. The molecule has 1 saturated heterocycles. The topological polar surface area (TPSA) is 75.5 Å². The van der Waals surface area contributed by atoms with Crippen molar-refractivity contribution >= 4 is 11.8 Å². The van der Waals surface area contributed by atoms with Crippen molar-refractivity contribution in [1.29, 1.82) is 0 Å². The highest BCUT2D eigenvalue weighted by molar-refractivity contribution is 5.85. The number of hydrogen-bond donors (Lipinski definition) is 1. The Morgan fingerprint density at radius 3 is 2.52 bits per heavy atom. The number of aromatic nitrogens is 2. The van der Waals surface area contributed by atoms with Crippen LogP contribution in [0.15, 0.2) is 36.4 Å². The summed E-state index contributed by atoms with van der Waals surface area (Å²) in [5, 5.41) is 16.4. The van der Waals surface area contributed by atoms with Crippen LogP contribution in [0.25, 0.3) is 0 Å². The van der Waals surface area contributed by atoms with E-state index in [-0.39, 0.29) is 23.4 Å². The number of aromatic carboxylic acids is 1. The van der Waals surface area contributed by atoms with E-state index < -0.39 is 5.97 Å². The molecule has 1 aliphatic heterocycles. The Morgan fingerprint density at radius 2 is 1.91 bits per heavy atom. The van der Waals surface area contributed by atoms with Crippen molar-refractivity contribution in [2.24, 2.45) is 0 Å². The molecule has 1 fully saturated rings. The molecule has 120 valence electrons. The fourth-order valence-corrected chi connectivity index (χ4v) is 2.53. The molecule has 7 heteroatoms. The van der Waals surface area contributed by atoms with E-state index in [2.05, 4.69) is 10.2 Å². The van der Waals surface area contributed by atoms with Gasteiger partial charge in [0.1, 0.15) is 6.10 Å². The Hall–Kier alpha value is -2.70. The van der Waals surface area contributed by atoms with Crippen LogP contribution in [0.4, 0.5) is 10.2 Å². The minimum absolute atomic E-state index is 0.0469. The molecule has 0 bridgehead atoms. The van der Waals surface area contributed by atoms with Crippen LogP contribution in [-0.4, -0.2) is 40.5 Å². The van der Waals surface area contributed by atoms with E-state index in [0.717, 1.165) is 12.8 Å². The van der Waals surface area contributed by atoms with Crippen LogP contribution in [0.1, 0.15) is 23.3 Å². The lowest BCUT2D eigenvalue weighted by Gasteiger charge is -2.32.